The van der Waals surface area contributed by atoms with Crippen LogP contribution in [-0.4, -0.2) is 68.4 Å². The van der Waals surface area contributed by atoms with E-state index < -0.39 is 0 Å². The van der Waals surface area contributed by atoms with Crippen LogP contribution in [0.4, 0.5) is 5.69 Å². The summed E-state index contributed by atoms with van der Waals surface area (Å²) in [5.74, 6) is -0.482. The van der Waals surface area contributed by atoms with E-state index in [0.717, 1.165) is 38.5 Å². The summed E-state index contributed by atoms with van der Waals surface area (Å²) in [7, 11) is 0. The molecule has 0 aliphatic carbocycles. The number of amides is 2. The summed E-state index contributed by atoms with van der Waals surface area (Å²) in [5, 5.41) is 2.94. The highest BCUT2D eigenvalue weighted by Gasteiger charge is 2.35. The predicted molar refractivity (Wildman–Crippen MR) is 97.2 cm³/mol. The predicted octanol–water partition coefficient (Wildman–Crippen LogP) is 0.691. The number of carbonyl (C=O) groups is 3. The number of hydrogen-bond donors (Lipinski definition) is 1. The van der Waals surface area contributed by atoms with Crippen molar-refractivity contribution >= 4 is 23.3 Å². The Hall–Kier alpha value is -2.25. The molecule has 2 heterocycles. The van der Waals surface area contributed by atoms with Crippen molar-refractivity contribution in [1.82, 2.24) is 10.2 Å². The molecule has 2 saturated heterocycles. The maximum absolute atomic E-state index is 12.4. The van der Waals surface area contributed by atoms with E-state index in [1.54, 1.807) is 29.2 Å². The van der Waals surface area contributed by atoms with Crippen LogP contribution in [-0.2, 0) is 14.3 Å². The minimum Gasteiger partial charge on any atom is -0.379 e. The lowest BCUT2D eigenvalue weighted by Gasteiger charge is -2.26. The second-order valence-electron chi connectivity index (χ2n) is 6.75. The number of morpholine rings is 1. The van der Waals surface area contributed by atoms with Crippen molar-refractivity contribution < 1.29 is 19.1 Å². The number of ether oxygens (including phenoxy) is 1. The van der Waals surface area contributed by atoms with Gasteiger partial charge < -0.3 is 15.0 Å². The Kier molecular flexibility index (Phi) is 6.00. The Balaban J connectivity index is 1.50. The van der Waals surface area contributed by atoms with Gasteiger partial charge in [0.1, 0.15) is 0 Å². The smallest absolute Gasteiger partial charge is 0.227 e. The van der Waals surface area contributed by atoms with Crippen LogP contribution < -0.4 is 10.2 Å². The molecule has 0 saturated carbocycles. The zero-order chi connectivity index (χ0) is 18.5. The third-order valence-corrected chi connectivity index (χ3v) is 4.91. The molecule has 26 heavy (non-hydrogen) atoms. The van der Waals surface area contributed by atoms with Gasteiger partial charge in [-0.25, -0.2) is 0 Å². The average Bonchev–Trinajstić information content (AvgIpc) is 3.04. The zero-order valence-corrected chi connectivity index (χ0v) is 15.1. The highest BCUT2D eigenvalue weighted by Crippen LogP contribution is 2.25. The van der Waals surface area contributed by atoms with E-state index >= 15 is 0 Å². The lowest BCUT2D eigenvalue weighted by molar-refractivity contribution is -0.126. The molecule has 0 spiro atoms. The molecule has 0 aromatic heterocycles. The molecule has 2 fully saturated rings. The van der Waals surface area contributed by atoms with Gasteiger partial charge in [0.2, 0.25) is 11.8 Å². The minimum atomic E-state index is -0.334. The Morgan fingerprint density at radius 1 is 1.19 bits per heavy atom. The number of anilines is 1. The molecular formula is C19H25N3O4. The van der Waals surface area contributed by atoms with Crippen molar-refractivity contribution in [3.05, 3.63) is 29.8 Å². The normalized spacial score (nSPS) is 21.0. The third-order valence-electron chi connectivity index (χ3n) is 4.91. The van der Waals surface area contributed by atoms with Crippen molar-refractivity contribution in [2.24, 2.45) is 5.92 Å². The van der Waals surface area contributed by atoms with Gasteiger partial charge in [-0.15, -0.1) is 0 Å². The molecule has 2 aliphatic heterocycles. The Morgan fingerprint density at radius 3 is 2.54 bits per heavy atom. The molecule has 7 heteroatoms. The lowest BCUT2D eigenvalue weighted by atomic mass is 10.1. The molecule has 1 aromatic carbocycles. The van der Waals surface area contributed by atoms with Crippen molar-refractivity contribution in [3.63, 3.8) is 0 Å². The van der Waals surface area contributed by atoms with Gasteiger partial charge in [-0.3, -0.25) is 19.3 Å². The summed E-state index contributed by atoms with van der Waals surface area (Å²) in [5.41, 5.74) is 1.33. The summed E-state index contributed by atoms with van der Waals surface area (Å²) in [6.45, 7) is 6.52. The molecule has 140 valence electrons. The quantitative estimate of drug-likeness (QED) is 0.756. The molecule has 3 rings (SSSR count). The number of nitrogens with zero attached hydrogens (tertiary/aromatic N) is 2. The molecule has 7 nitrogen and oxygen atoms in total. The van der Waals surface area contributed by atoms with E-state index in [0.29, 0.717) is 18.7 Å². The summed E-state index contributed by atoms with van der Waals surface area (Å²) in [6, 6.07) is 6.93. The van der Waals surface area contributed by atoms with Gasteiger partial charge in [0, 0.05) is 50.4 Å². The van der Waals surface area contributed by atoms with E-state index in [4.69, 9.17) is 4.74 Å². The largest absolute Gasteiger partial charge is 0.379 e. The van der Waals surface area contributed by atoms with E-state index in [-0.39, 0.29) is 29.9 Å². The molecule has 1 unspecified atom stereocenters. The molecule has 1 atom stereocenters. The Bertz CT molecular complexity index is 668. The van der Waals surface area contributed by atoms with Crippen LogP contribution in [0.2, 0.25) is 0 Å². The van der Waals surface area contributed by atoms with Crippen LogP contribution in [0.3, 0.4) is 0 Å². The van der Waals surface area contributed by atoms with Crippen LogP contribution in [0, 0.1) is 5.92 Å². The van der Waals surface area contributed by atoms with Gasteiger partial charge in [-0.05, 0) is 31.2 Å². The van der Waals surface area contributed by atoms with Crippen LogP contribution in [0.5, 0.6) is 0 Å². The van der Waals surface area contributed by atoms with Gasteiger partial charge in [-0.1, -0.05) is 0 Å². The number of rotatable bonds is 6. The van der Waals surface area contributed by atoms with E-state index in [1.807, 2.05) is 0 Å². The maximum atomic E-state index is 12.4. The molecule has 1 N–H and O–H groups in total. The van der Waals surface area contributed by atoms with Crippen molar-refractivity contribution in [2.45, 2.75) is 13.3 Å². The summed E-state index contributed by atoms with van der Waals surface area (Å²) < 4.78 is 5.30. The topological polar surface area (TPSA) is 79.0 Å². The van der Waals surface area contributed by atoms with Crippen LogP contribution in [0.25, 0.3) is 0 Å². The van der Waals surface area contributed by atoms with Gasteiger partial charge in [-0.2, -0.15) is 0 Å². The highest BCUT2D eigenvalue weighted by molar-refractivity contribution is 6.01. The van der Waals surface area contributed by atoms with Crippen LogP contribution >= 0.6 is 0 Å². The zero-order valence-electron chi connectivity index (χ0n) is 15.1. The highest BCUT2D eigenvalue weighted by atomic mass is 16.5. The van der Waals surface area contributed by atoms with Gasteiger partial charge in [0.25, 0.3) is 0 Å². The fourth-order valence-corrected chi connectivity index (χ4v) is 3.32. The SMILES string of the molecule is CC(=O)c1ccc(N2CC(C(=O)NCCN3CCOCC3)CC2=O)cc1. The van der Waals surface area contributed by atoms with Crippen molar-refractivity contribution in [3.8, 4) is 0 Å². The first kappa shape index (κ1) is 18.5. The third kappa shape index (κ3) is 4.47. The van der Waals surface area contributed by atoms with E-state index in [2.05, 4.69) is 10.2 Å². The minimum absolute atomic E-state index is 0.0122. The molecule has 2 amide bonds. The van der Waals surface area contributed by atoms with Gasteiger partial charge >= 0.3 is 0 Å². The van der Waals surface area contributed by atoms with Crippen molar-refractivity contribution in [1.29, 1.82) is 0 Å². The number of ketones is 1. The molecule has 0 bridgehead atoms. The number of hydrogen-bond acceptors (Lipinski definition) is 5. The number of carbonyl (C=O) groups excluding carboxylic acids is 3. The molecule has 0 radical (unpaired) electrons. The second-order valence-corrected chi connectivity index (χ2v) is 6.75. The molecule has 1 aromatic rings. The second kappa shape index (κ2) is 8.42. The van der Waals surface area contributed by atoms with Crippen LogP contribution in [0.1, 0.15) is 23.7 Å². The molecular weight excluding hydrogens is 334 g/mol. The monoisotopic (exact) mass is 359 g/mol. The van der Waals surface area contributed by atoms with E-state index in [9.17, 15) is 14.4 Å². The summed E-state index contributed by atoms with van der Waals surface area (Å²) in [4.78, 5) is 39.9. The number of benzene rings is 1. The van der Waals surface area contributed by atoms with Gasteiger partial charge in [0.05, 0.1) is 19.1 Å². The maximum Gasteiger partial charge on any atom is 0.227 e. The lowest BCUT2D eigenvalue weighted by Crippen LogP contribution is -2.42. The summed E-state index contributed by atoms with van der Waals surface area (Å²) in [6.07, 6.45) is 0.220. The average molecular weight is 359 g/mol. The Labute approximate surface area is 153 Å². The fraction of sp³-hybridized carbons (Fsp3) is 0.526. The van der Waals surface area contributed by atoms with Gasteiger partial charge in [0.15, 0.2) is 5.78 Å². The Morgan fingerprint density at radius 2 is 1.88 bits per heavy atom. The number of nitrogens with one attached hydrogen (secondary N) is 1. The van der Waals surface area contributed by atoms with Crippen molar-refractivity contribution in [2.75, 3.05) is 50.8 Å². The summed E-state index contributed by atoms with van der Waals surface area (Å²) >= 11 is 0. The molecule has 2 aliphatic rings. The van der Waals surface area contributed by atoms with Crippen LogP contribution in [0.15, 0.2) is 24.3 Å². The standard InChI is InChI=1S/C19H25N3O4/c1-14(23)15-2-4-17(5-3-15)22-13-16(12-18(22)24)19(25)20-6-7-21-8-10-26-11-9-21/h2-5,16H,6-13H2,1H3,(H,20,25). The first-order chi connectivity index (χ1) is 12.5. The fourth-order valence-electron chi connectivity index (χ4n) is 3.32. The van der Waals surface area contributed by atoms with E-state index in [1.165, 1.54) is 6.92 Å². The number of Topliss-reactive ketones (excluding diaryl/α,β-unsaturated/α-hetero) is 1. The first-order valence-electron chi connectivity index (χ1n) is 9.04. The first-order valence-corrected chi connectivity index (χ1v) is 9.04.